The highest BCUT2D eigenvalue weighted by atomic mass is 16.2. The van der Waals surface area contributed by atoms with Gasteiger partial charge in [-0.15, -0.1) is 0 Å². The minimum absolute atomic E-state index is 0.0383. The molecule has 0 atom stereocenters. The zero-order valence-electron chi connectivity index (χ0n) is 12.4. The van der Waals surface area contributed by atoms with E-state index in [0.717, 1.165) is 12.0 Å². The maximum Gasteiger partial charge on any atom is 0.251 e. The molecule has 0 aromatic heterocycles. The highest BCUT2D eigenvalue weighted by molar-refractivity contribution is 5.93. The first kappa shape index (κ1) is 16.2. The molecule has 110 valence electrons. The lowest BCUT2D eigenvalue weighted by atomic mass is 10.1. The minimum atomic E-state index is -0.0937. The maximum absolute atomic E-state index is 11.6. The second kappa shape index (κ2) is 8.32. The number of amides is 2. The van der Waals surface area contributed by atoms with Crippen LogP contribution in [0.1, 0.15) is 29.3 Å². The van der Waals surface area contributed by atoms with E-state index in [4.69, 9.17) is 0 Å². The summed E-state index contributed by atoms with van der Waals surface area (Å²) in [6.07, 6.45) is 0.941. The largest absolute Gasteiger partial charge is 0.355 e. The van der Waals surface area contributed by atoms with E-state index < -0.39 is 0 Å². The summed E-state index contributed by atoms with van der Waals surface area (Å²) in [6.45, 7) is 3.79. The number of carbonyl (C=O) groups excluding carboxylic acids is 2. The summed E-state index contributed by atoms with van der Waals surface area (Å²) in [5.41, 5.74) is 1.71. The zero-order chi connectivity index (χ0) is 15.0. The highest BCUT2D eigenvalue weighted by Gasteiger charge is 2.07. The van der Waals surface area contributed by atoms with Crippen molar-refractivity contribution in [1.82, 2.24) is 15.5 Å². The Labute approximate surface area is 120 Å². The summed E-state index contributed by atoms with van der Waals surface area (Å²) >= 11 is 0. The van der Waals surface area contributed by atoms with E-state index in [0.29, 0.717) is 25.2 Å². The highest BCUT2D eigenvalue weighted by Crippen LogP contribution is 2.06. The molecule has 0 fully saturated rings. The predicted octanol–water partition coefficient (Wildman–Crippen LogP) is 1.00. The van der Waals surface area contributed by atoms with Crippen LogP contribution < -0.4 is 10.6 Å². The summed E-state index contributed by atoms with van der Waals surface area (Å²) < 4.78 is 0. The molecule has 0 radical (unpaired) electrons. The zero-order valence-corrected chi connectivity index (χ0v) is 12.4. The van der Waals surface area contributed by atoms with E-state index in [1.165, 1.54) is 0 Å². The van der Waals surface area contributed by atoms with Crippen molar-refractivity contribution < 1.29 is 9.59 Å². The van der Waals surface area contributed by atoms with Crippen LogP contribution in [0.5, 0.6) is 0 Å². The van der Waals surface area contributed by atoms with E-state index in [1.54, 1.807) is 19.2 Å². The van der Waals surface area contributed by atoms with Crippen LogP contribution in [-0.2, 0) is 11.3 Å². The minimum Gasteiger partial charge on any atom is -0.355 e. The number of hydrogen-bond donors (Lipinski definition) is 2. The van der Waals surface area contributed by atoms with Crippen LogP contribution in [0, 0.1) is 0 Å². The third-order valence-corrected chi connectivity index (χ3v) is 2.88. The van der Waals surface area contributed by atoms with Crippen LogP contribution in [0.3, 0.4) is 0 Å². The van der Waals surface area contributed by atoms with Crippen molar-refractivity contribution in [2.24, 2.45) is 0 Å². The summed E-state index contributed by atoms with van der Waals surface area (Å²) in [7, 11) is 3.51. The van der Waals surface area contributed by atoms with Crippen LogP contribution in [0.4, 0.5) is 0 Å². The van der Waals surface area contributed by atoms with Crippen molar-refractivity contribution in [2.75, 3.05) is 27.2 Å². The van der Waals surface area contributed by atoms with E-state index in [2.05, 4.69) is 10.6 Å². The molecular weight excluding hydrogens is 254 g/mol. The Morgan fingerprint density at radius 2 is 1.85 bits per heavy atom. The molecule has 2 amide bonds. The smallest absolute Gasteiger partial charge is 0.251 e. The predicted molar refractivity (Wildman–Crippen MR) is 79.5 cm³/mol. The van der Waals surface area contributed by atoms with Crippen molar-refractivity contribution in [1.29, 1.82) is 0 Å². The molecule has 0 aliphatic carbocycles. The van der Waals surface area contributed by atoms with Gasteiger partial charge in [-0.05, 0) is 31.2 Å². The molecule has 5 heteroatoms. The molecule has 0 spiro atoms. The lowest BCUT2D eigenvalue weighted by Gasteiger charge is -2.16. The third kappa shape index (κ3) is 5.40. The van der Waals surface area contributed by atoms with Crippen LogP contribution in [0.15, 0.2) is 24.3 Å². The maximum atomic E-state index is 11.6. The first-order valence-electron chi connectivity index (χ1n) is 6.83. The lowest BCUT2D eigenvalue weighted by Crippen LogP contribution is -2.35. The van der Waals surface area contributed by atoms with Gasteiger partial charge in [-0.3, -0.25) is 14.5 Å². The number of carbonyl (C=O) groups is 2. The molecule has 0 saturated carbocycles. The fraction of sp³-hybridized carbons (Fsp3) is 0.467. The molecule has 0 saturated heterocycles. The number of nitrogens with zero attached hydrogens (tertiary/aromatic N) is 1. The van der Waals surface area contributed by atoms with Gasteiger partial charge in [0, 0.05) is 25.7 Å². The fourth-order valence-electron chi connectivity index (χ4n) is 1.84. The monoisotopic (exact) mass is 277 g/mol. The van der Waals surface area contributed by atoms with Crippen LogP contribution in [0.2, 0.25) is 0 Å². The van der Waals surface area contributed by atoms with Gasteiger partial charge in [0.25, 0.3) is 5.91 Å². The van der Waals surface area contributed by atoms with Crippen LogP contribution in [0.25, 0.3) is 0 Å². The fourth-order valence-corrected chi connectivity index (χ4v) is 1.84. The summed E-state index contributed by atoms with van der Waals surface area (Å²) in [4.78, 5) is 24.9. The standard InChI is InChI=1S/C15H23N3O2/c1-4-9-17-14(19)11-18(3)10-12-5-7-13(8-6-12)15(20)16-2/h5-8H,4,9-11H2,1-3H3,(H,16,20)(H,17,19). The molecule has 20 heavy (non-hydrogen) atoms. The van der Waals surface area contributed by atoms with Gasteiger partial charge in [0.05, 0.1) is 6.54 Å². The number of rotatable bonds is 7. The molecule has 0 bridgehead atoms. The quantitative estimate of drug-likeness (QED) is 0.782. The molecular formula is C15H23N3O2. The van der Waals surface area contributed by atoms with Gasteiger partial charge in [0.15, 0.2) is 0 Å². The third-order valence-electron chi connectivity index (χ3n) is 2.88. The lowest BCUT2D eigenvalue weighted by molar-refractivity contribution is -0.122. The average Bonchev–Trinajstić information content (AvgIpc) is 2.45. The van der Waals surface area contributed by atoms with Crippen molar-refractivity contribution >= 4 is 11.8 Å². The number of benzene rings is 1. The SMILES string of the molecule is CCCNC(=O)CN(C)Cc1ccc(C(=O)NC)cc1. The Morgan fingerprint density at radius 3 is 2.40 bits per heavy atom. The topological polar surface area (TPSA) is 61.4 Å². The van der Waals surface area contributed by atoms with Gasteiger partial charge in [-0.1, -0.05) is 19.1 Å². The molecule has 0 aliphatic rings. The summed E-state index contributed by atoms with van der Waals surface area (Å²) in [6, 6.07) is 7.40. The second-order valence-electron chi connectivity index (χ2n) is 4.80. The molecule has 1 aromatic carbocycles. The van der Waals surface area contributed by atoms with E-state index in [9.17, 15) is 9.59 Å². The van der Waals surface area contributed by atoms with Gasteiger partial charge in [-0.2, -0.15) is 0 Å². The first-order chi connectivity index (χ1) is 9.56. The molecule has 2 N–H and O–H groups in total. The van der Waals surface area contributed by atoms with Crippen molar-refractivity contribution in [3.8, 4) is 0 Å². The average molecular weight is 277 g/mol. The van der Waals surface area contributed by atoms with Crippen LogP contribution >= 0.6 is 0 Å². The summed E-state index contributed by atoms with van der Waals surface area (Å²) in [5, 5.41) is 5.43. The Balaban J connectivity index is 2.47. The molecule has 0 heterocycles. The molecule has 5 nitrogen and oxygen atoms in total. The number of hydrogen-bond acceptors (Lipinski definition) is 3. The Bertz CT molecular complexity index is 443. The molecule has 1 aromatic rings. The number of nitrogens with one attached hydrogen (secondary N) is 2. The molecule has 1 rings (SSSR count). The van der Waals surface area contributed by atoms with Gasteiger partial charge in [0.2, 0.25) is 5.91 Å². The van der Waals surface area contributed by atoms with E-state index >= 15 is 0 Å². The normalized spacial score (nSPS) is 10.4. The summed E-state index contributed by atoms with van der Waals surface area (Å²) in [5.74, 6) is -0.0554. The number of likely N-dealkylation sites (N-methyl/N-ethyl adjacent to an activating group) is 1. The van der Waals surface area contributed by atoms with Crippen LogP contribution in [-0.4, -0.2) is 43.9 Å². The van der Waals surface area contributed by atoms with Gasteiger partial charge < -0.3 is 10.6 Å². The first-order valence-corrected chi connectivity index (χ1v) is 6.83. The Kier molecular flexibility index (Phi) is 6.73. The Hall–Kier alpha value is -1.88. The molecule has 0 aliphatic heterocycles. The van der Waals surface area contributed by atoms with Gasteiger partial charge >= 0.3 is 0 Å². The van der Waals surface area contributed by atoms with E-state index in [-0.39, 0.29) is 11.8 Å². The van der Waals surface area contributed by atoms with Crippen molar-refractivity contribution in [2.45, 2.75) is 19.9 Å². The Morgan fingerprint density at radius 1 is 1.20 bits per heavy atom. The van der Waals surface area contributed by atoms with Gasteiger partial charge in [0.1, 0.15) is 0 Å². The van der Waals surface area contributed by atoms with Gasteiger partial charge in [-0.25, -0.2) is 0 Å². The molecule has 0 unspecified atom stereocenters. The van der Waals surface area contributed by atoms with Crippen molar-refractivity contribution in [3.63, 3.8) is 0 Å². The van der Waals surface area contributed by atoms with E-state index in [1.807, 2.05) is 31.0 Å². The second-order valence-corrected chi connectivity index (χ2v) is 4.80. The van der Waals surface area contributed by atoms with Crippen molar-refractivity contribution in [3.05, 3.63) is 35.4 Å².